The fourth-order valence-corrected chi connectivity index (χ4v) is 2.71. The summed E-state index contributed by atoms with van der Waals surface area (Å²) in [6.45, 7) is 0. The van der Waals surface area contributed by atoms with E-state index in [9.17, 15) is 9.59 Å². The minimum atomic E-state index is -0.826. The summed E-state index contributed by atoms with van der Waals surface area (Å²) in [6.07, 6.45) is 1.20. The van der Waals surface area contributed by atoms with E-state index in [0.29, 0.717) is 28.5 Å². The van der Waals surface area contributed by atoms with Crippen molar-refractivity contribution in [2.24, 2.45) is 0 Å². The van der Waals surface area contributed by atoms with Crippen LogP contribution in [0.1, 0.15) is 28.8 Å². The first kappa shape index (κ1) is 18.3. The Morgan fingerprint density at radius 2 is 1.79 bits per heavy atom. The molecular formula is C18H17Cl2NO3. The summed E-state index contributed by atoms with van der Waals surface area (Å²) in [5.41, 5.74) is 2.11. The van der Waals surface area contributed by atoms with Gasteiger partial charge in [-0.25, -0.2) is 0 Å². The van der Waals surface area contributed by atoms with Crippen LogP contribution in [0.15, 0.2) is 42.5 Å². The number of benzene rings is 2. The van der Waals surface area contributed by atoms with E-state index in [0.717, 1.165) is 11.3 Å². The first-order valence-corrected chi connectivity index (χ1v) is 8.18. The number of carboxylic acids is 1. The molecule has 4 nitrogen and oxygen atoms in total. The Labute approximate surface area is 150 Å². The third-order valence-corrected chi connectivity index (χ3v) is 4.40. The summed E-state index contributed by atoms with van der Waals surface area (Å²) in [6, 6.07) is 12.2. The fourth-order valence-electron chi connectivity index (χ4n) is 2.41. The predicted octanol–water partition coefficient (Wildman–Crippen LogP) is 4.68. The standard InChI is InChI=1S/C18H17Cl2NO3/c1-21(18(24)13-9-10-14(19)15(20)11-13)16-7-3-2-5-12(16)6-4-8-17(22)23/h2-3,5,7,9-11H,4,6,8H2,1H3,(H,22,23). The van der Waals surface area contributed by atoms with Crippen LogP contribution < -0.4 is 4.90 Å². The van der Waals surface area contributed by atoms with Crippen LogP contribution in [0.4, 0.5) is 5.69 Å². The first-order chi connectivity index (χ1) is 11.4. The number of carbonyl (C=O) groups is 2. The summed E-state index contributed by atoms with van der Waals surface area (Å²) < 4.78 is 0. The van der Waals surface area contributed by atoms with Crippen molar-refractivity contribution in [3.8, 4) is 0 Å². The monoisotopic (exact) mass is 365 g/mol. The van der Waals surface area contributed by atoms with Crippen molar-refractivity contribution in [1.29, 1.82) is 0 Å². The van der Waals surface area contributed by atoms with Crippen molar-refractivity contribution in [2.75, 3.05) is 11.9 Å². The molecule has 0 aliphatic rings. The maximum atomic E-state index is 12.7. The molecule has 0 aliphatic heterocycles. The maximum absolute atomic E-state index is 12.7. The van der Waals surface area contributed by atoms with Crippen molar-refractivity contribution < 1.29 is 14.7 Å². The summed E-state index contributed by atoms with van der Waals surface area (Å²) in [4.78, 5) is 24.9. The topological polar surface area (TPSA) is 57.6 Å². The summed E-state index contributed by atoms with van der Waals surface area (Å²) >= 11 is 11.9. The largest absolute Gasteiger partial charge is 0.481 e. The van der Waals surface area contributed by atoms with Crippen LogP contribution in [0.25, 0.3) is 0 Å². The molecule has 2 rings (SSSR count). The number of carbonyl (C=O) groups excluding carboxylic acids is 1. The van der Waals surface area contributed by atoms with Crippen LogP contribution in [-0.4, -0.2) is 24.0 Å². The van der Waals surface area contributed by atoms with E-state index in [1.54, 1.807) is 19.2 Å². The molecule has 1 amide bonds. The Bertz CT molecular complexity index is 762. The average Bonchev–Trinajstić information content (AvgIpc) is 2.56. The zero-order chi connectivity index (χ0) is 17.7. The van der Waals surface area contributed by atoms with Crippen molar-refractivity contribution in [2.45, 2.75) is 19.3 Å². The minimum absolute atomic E-state index is 0.0960. The molecule has 126 valence electrons. The highest BCUT2D eigenvalue weighted by Gasteiger charge is 2.17. The van der Waals surface area contributed by atoms with Gasteiger partial charge in [0.15, 0.2) is 0 Å². The molecule has 0 saturated carbocycles. The highest BCUT2D eigenvalue weighted by atomic mass is 35.5. The number of carboxylic acid groups (broad SMARTS) is 1. The fraction of sp³-hybridized carbons (Fsp3) is 0.222. The van der Waals surface area contributed by atoms with Gasteiger partial charge in [0.05, 0.1) is 10.0 Å². The molecule has 0 aromatic heterocycles. The van der Waals surface area contributed by atoms with E-state index in [4.69, 9.17) is 28.3 Å². The molecule has 0 saturated heterocycles. The quantitative estimate of drug-likeness (QED) is 0.808. The normalized spacial score (nSPS) is 10.5. The number of hydrogen-bond donors (Lipinski definition) is 1. The van der Waals surface area contributed by atoms with Crippen LogP contribution >= 0.6 is 23.2 Å². The lowest BCUT2D eigenvalue weighted by atomic mass is 10.0. The van der Waals surface area contributed by atoms with E-state index < -0.39 is 5.97 Å². The van der Waals surface area contributed by atoms with E-state index in [1.165, 1.54) is 11.0 Å². The molecule has 1 N–H and O–H groups in total. The number of halogens is 2. The number of rotatable bonds is 6. The molecule has 2 aromatic carbocycles. The summed E-state index contributed by atoms with van der Waals surface area (Å²) in [5.74, 6) is -1.04. The number of nitrogens with zero attached hydrogens (tertiary/aromatic N) is 1. The zero-order valence-electron chi connectivity index (χ0n) is 13.1. The Balaban J connectivity index is 2.22. The van der Waals surface area contributed by atoms with E-state index in [1.807, 2.05) is 24.3 Å². The Hall–Kier alpha value is -2.04. The highest BCUT2D eigenvalue weighted by molar-refractivity contribution is 6.42. The van der Waals surface area contributed by atoms with Gasteiger partial charge in [0.2, 0.25) is 0 Å². The Morgan fingerprint density at radius 3 is 2.46 bits per heavy atom. The van der Waals surface area contributed by atoms with Crippen molar-refractivity contribution in [3.63, 3.8) is 0 Å². The number of anilines is 1. The number of aryl methyl sites for hydroxylation is 1. The number of para-hydroxylation sites is 1. The third kappa shape index (κ3) is 4.49. The van der Waals surface area contributed by atoms with Gasteiger partial charge >= 0.3 is 5.97 Å². The van der Waals surface area contributed by atoms with Crippen LogP contribution in [-0.2, 0) is 11.2 Å². The molecule has 0 fully saturated rings. The predicted molar refractivity (Wildman–Crippen MR) is 96.2 cm³/mol. The van der Waals surface area contributed by atoms with Crippen LogP contribution in [0.3, 0.4) is 0 Å². The zero-order valence-corrected chi connectivity index (χ0v) is 14.6. The van der Waals surface area contributed by atoms with Gasteiger partial charge in [-0.2, -0.15) is 0 Å². The van der Waals surface area contributed by atoms with Crippen molar-refractivity contribution in [1.82, 2.24) is 0 Å². The molecule has 0 bridgehead atoms. The van der Waals surface area contributed by atoms with Crippen molar-refractivity contribution >= 4 is 40.8 Å². The smallest absolute Gasteiger partial charge is 0.303 e. The molecule has 6 heteroatoms. The highest BCUT2D eigenvalue weighted by Crippen LogP contribution is 2.26. The lowest BCUT2D eigenvalue weighted by molar-refractivity contribution is -0.137. The van der Waals surface area contributed by atoms with Gasteiger partial charge in [0.25, 0.3) is 5.91 Å². The second-order valence-electron chi connectivity index (χ2n) is 5.37. The lowest BCUT2D eigenvalue weighted by Gasteiger charge is -2.21. The molecule has 2 aromatic rings. The number of hydrogen-bond acceptors (Lipinski definition) is 2. The Morgan fingerprint density at radius 1 is 1.08 bits per heavy atom. The minimum Gasteiger partial charge on any atom is -0.481 e. The summed E-state index contributed by atoms with van der Waals surface area (Å²) in [7, 11) is 1.68. The van der Waals surface area contributed by atoms with Crippen molar-refractivity contribution in [3.05, 3.63) is 63.6 Å². The molecular weight excluding hydrogens is 349 g/mol. The molecule has 0 heterocycles. The van der Waals surface area contributed by atoms with E-state index in [-0.39, 0.29) is 12.3 Å². The number of aliphatic carboxylic acids is 1. The second kappa shape index (κ2) is 8.18. The molecule has 0 spiro atoms. The van der Waals surface area contributed by atoms with Gasteiger partial charge in [-0.3, -0.25) is 9.59 Å². The average molecular weight is 366 g/mol. The summed E-state index contributed by atoms with van der Waals surface area (Å²) in [5, 5.41) is 9.49. The first-order valence-electron chi connectivity index (χ1n) is 7.43. The van der Waals surface area contributed by atoms with Gasteiger partial charge in [0, 0.05) is 24.7 Å². The van der Waals surface area contributed by atoms with Gasteiger partial charge < -0.3 is 10.0 Å². The molecule has 24 heavy (non-hydrogen) atoms. The SMILES string of the molecule is CN(C(=O)c1ccc(Cl)c(Cl)c1)c1ccccc1CCCC(=O)O. The molecule has 0 atom stereocenters. The van der Waals surface area contributed by atoms with Gasteiger partial charge in [-0.05, 0) is 42.7 Å². The molecule has 0 radical (unpaired) electrons. The van der Waals surface area contributed by atoms with Crippen LogP contribution in [0.2, 0.25) is 10.0 Å². The van der Waals surface area contributed by atoms with E-state index in [2.05, 4.69) is 0 Å². The van der Waals surface area contributed by atoms with Gasteiger partial charge in [-0.15, -0.1) is 0 Å². The molecule has 0 aliphatic carbocycles. The third-order valence-electron chi connectivity index (χ3n) is 3.66. The van der Waals surface area contributed by atoms with Gasteiger partial charge in [-0.1, -0.05) is 41.4 Å². The van der Waals surface area contributed by atoms with Crippen LogP contribution in [0, 0.1) is 0 Å². The molecule has 0 unspecified atom stereocenters. The maximum Gasteiger partial charge on any atom is 0.303 e. The van der Waals surface area contributed by atoms with Crippen LogP contribution in [0.5, 0.6) is 0 Å². The Kier molecular flexibility index (Phi) is 6.23. The number of amides is 1. The lowest BCUT2D eigenvalue weighted by Crippen LogP contribution is -2.27. The second-order valence-corrected chi connectivity index (χ2v) is 6.18. The van der Waals surface area contributed by atoms with Gasteiger partial charge in [0.1, 0.15) is 0 Å². The van der Waals surface area contributed by atoms with E-state index >= 15 is 0 Å².